The molecule has 2 nitrogen and oxygen atoms in total. The molecule has 19 heavy (non-hydrogen) atoms. The van der Waals surface area contributed by atoms with Gasteiger partial charge in [-0.3, -0.25) is 4.90 Å². The van der Waals surface area contributed by atoms with Crippen LogP contribution in [0.5, 0.6) is 0 Å². The minimum absolute atomic E-state index is 0.116. The molecule has 1 saturated heterocycles. The van der Waals surface area contributed by atoms with Gasteiger partial charge in [0.2, 0.25) is 0 Å². The smallest absolute Gasteiger partial charge is 0.0640 e. The van der Waals surface area contributed by atoms with Crippen molar-refractivity contribution in [2.24, 2.45) is 5.73 Å². The van der Waals surface area contributed by atoms with E-state index < -0.39 is 0 Å². The Balaban J connectivity index is 2.26. The van der Waals surface area contributed by atoms with E-state index in [9.17, 15) is 0 Å². The molecule has 0 bridgehead atoms. The fourth-order valence-corrected chi connectivity index (χ4v) is 3.23. The molecule has 0 aromatic heterocycles. The number of nitrogens with two attached hydrogens (primary N) is 1. The van der Waals surface area contributed by atoms with E-state index >= 15 is 0 Å². The predicted octanol–water partition coefficient (Wildman–Crippen LogP) is 4.26. The average Bonchev–Trinajstić information content (AvgIpc) is 2.42. The molecule has 1 atom stereocenters. The van der Waals surface area contributed by atoms with Crippen molar-refractivity contribution in [3.8, 4) is 0 Å². The molecule has 1 aromatic rings. The SMILES string of the molecule is CC(C)(C(N)c1cccc(Cl)c1Cl)N1CCCCC1. The van der Waals surface area contributed by atoms with Crippen molar-refractivity contribution in [2.45, 2.75) is 44.7 Å². The third-order valence-corrected chi connectivity index (χ3v) is 5.08. The molecule has 1 heterocycles. The number of benzene rings is 1. The molecular weight excluding hydrogens is 279 g/mol. The first-order valence-corrected chi connectivity index (χ1v) is 7.64. The summed E-state index contributed by atoms with van der Waals surface area (Å²) in [5.41, 5.74) is 7.31. The van der Waals surface area contributed by atoms with Crippen LogP contribution < -0.4 is 5.73 Å². The van der Waals surface area contributed by atoms with E-state index in [2.05, 4.69) is 18.7 Å². The molecule has 0 saturated carbocycles. The molecule has 4 heteroatoms. The first-order chi connectivity index (χ1) is 8.94. The summed E-state index contributed by atoms with van der Waals surface area (Å²) in [6.07, 6.45) is 3.82. The standard InChI is InChI=1S/C15H22Cl2N2/c1-15(2,19-9-4-3-5-10-19)14(18)11-7-6-8-12(16)13(11)17/h6-8,14H,3-5,9-10,18H2,1-2H3. The van der Waals surface area contributed by atoms with Crippen LogP contribution in [0.2, 0.25) is 10.0 Å². The highest BCUT2D eigenvalue weighted by Gasteiger charge is 2.35. The zero-order chi connectivity index (χ0) is 14.0. The van der Waals surface area contributed by atoms with Gasteiger partial charge < -0.3 is 5.73 Å². The molecule has 2 rings (SSSR count). The van der Waals surface area contributed by atoms with Crippen molar-refractivity contribution in [1.29, 1.82) is 0 Å². The van der Waals surface area contributed by atoms with Crippen LogP contribution >= 0.6 is 23.2 Å². The summed E-state index contributed by atoms with van der Waals surface area (Å²) in [7, 11) is 0. The van der Waals surface area contributed by atoms with Crippen molar-refractivity contribution in [3.05, 3.63) is 33.8 Å². The number of likely N-dealkylation sites (tertiary alicyclic amines) is 1. The van der Waals surface area contributed by atoms with Gasteiger partial charge in [0.1, 0.15) is 0 Å². The highest BCUT2D eigenvalue weighted by Crippen LogP contribution is 2.37. The van der Waals surface area contributed by atoms with Crippen molar-refractivity contribution in [1.82, 2.24) is 4.90 Å². The van der Waals surface area contributed by atoms with Crippen LogP contribution in [0.15, 0.2) is 18.2 Å². The number of nitrogens with zero attached hydrogens (tertiary/aromatic N) is 1. The first-order valence-electron chi connectivity index (χ1n) is 6.89. The molecule has 0 spiro atoms. The van der Waals surface area contributed by atoms with E-state index in [1.165, 1.54) is 19.3 Å². The lowest BCUT2D eigenvalue weighted by atomic mass is 9.86. The minimum atomic E-state index is -0.142. The molecule has 1 aromatic carbocycles. The van der Waals surface area contributed by atoms with E-state index in [1.54, 1.807) is 6.07 Å². The van der Waals surface area contributed by atoms with E-state index in [0.29, 0.717) is 10.0 Å². The lowest BCUT2D eigenvalue weighted by Gasteiger charge is -2.45. The van der Waals surface area contributed by atoms with Gasteiger partial charge in [0, 0.05) is 11.6 Å². The van der Waals surface area contributed by atoms with Crippen molar-refractivity contribution in [3.63, 3.8) is 0 Å². The van der Waals surface area contributed by atoms with E-state index in [-0.39, 0.29) is 11.6 Å². The largest absolute Gasteiger partial charge is 0.322 e. The summed E-state index contributed by atoms with van der Waals surface area (Å²) in [6.45, 7) is 6.61. The second-order valence-corrected chi connectivity index (χ2v) is 6.61. The molecule has 1 aliphatic rings. The maximum Gasteiger partial charge on any atom is 0.0640 e. The van der Waals surface area contributed by atoms with Crippen LogP contribution in [0.3, 0.4) is 0 Å². The Kier molecular flexibility index (Phi) is 4.78. The van der Waals surface area contributed by atoms with Gasteiger partial charge in [0.25, 0.3) is 0 Å². The molecule has 106 valence electrons. The average molecular weight is 301 g/mol. The Hall–Kier alpha value is -0.280. The van der Waals surface area contributed by atoms with Gasteiger partial charge in [-0.15, -0.1) is 0 Å². The molecule has 1 unspecified atom stereocenters. The van der Waals surface area contributed by atoms with Crippen molar-refractivity contribution in [2.75, 3.05) is 13.1 Å². The van der Waals surface area contributed by atoms with Crippen LogP contribution in [0, 0.1) is 0 Å². The van der Waals surface area contributed by atoms with Crippen molar-refractivity contribution >= 4 is 23.2 Å². The number of hydrogen-bond donors (Lipinski definition) is 1. The summed E-state index contributed by atoms with van der Waals surface area (Å²) < 4.78 is 0. The third-order valence-electron chi connectivity index (χ3n) is 4.25. The maximum absolute atomic E-state index is 6.49. The molecule has 0 aliphatic carbocycles. The number of piperidine rings is 1. The van der Waals surface area contributed by atoms with Gasteiger partial charge in [-0.25, -0.2) is 0 Å². The summed E-state index contributed by atoms with van der Waals surface area (Å²) in [4.78, 5) is 2.47. The molecule has 1 fully saturated rings. The second-order valence-electron chi connectivity index (χ2n) is 5.82. The maximum atomic E-state index is 6.49. The third kappa shape index (κ3) is 3.08. The van der Waals surface area contributed by atoms with Gasteiger partial charge in [0.15, 0.2) is 0 Å². The first kappa shape index (κ1) is 15.1. The summed E-state index contributed by atoms with van der Waals surface area (Å²) >= 11 is 12.4. The van der Waals surface area contributed by atoms with Crippen LogP contribution in [-0.4, -0.2) is 23.5 Å². The minimum Gasteiger partial charge on any atom is -0.322 e. The molecule has 0 amide bonds. The number of rotatable bonds is 3. The molecule has 2 N–H and O–H groups in total. The fraction of sp³-hybridized carbons (Fsp3) is 0.600. The highest BCUT2D eigenvalue weighted by atomic mass is 35.5. The van der Waals surface area contributed by atoms with E-state index in [1.807, 2.05) is 12.1 Å². The fourth-order valence-electron chi connectivity index (χ4n) is 2.81. The van der Waals surface area contributed by atoms with E-state index in [4.69, 9.17) is 28.9 Å². The van der Waals surface area contributed by atoms with Crippen LogP contribution in [-0.2, 0) is 0 Å². The number of halogens is 2. The van der Waals surface area contributed by atoms with E-state index in [0.717, 1.165) is 18.7 Å². The van der Waals surface area contributed by atoms with Crippen LogP contribution in [0.4, 0.5) is 0 Å². The van der Waals surface area contributed by atoms with Crippen LogP contribution in [0.1, 0.15) is 44.7 Å². The Morgan fingerprint density at radius 3 is 2.42 bits per heavy atom. The topological polar surface area (TPSA) is 29.3 Å². The van der Waals surface area contributed by atoms with Crippen LogP contribution in [0.25, 0.3) is 0 Å². The molecule has 1 aliphatic heterocycles. The summed E-state index contributed by atoms with van der Waals surface area (Å²) in [5, 5.41) is 1.16. The van der Waals surface area contributed by atoms with Crippen molar-refractivity contribution < 1.29 is 0 Å². The van der Waals surface area contributed by atoms with Gasteiger partial charge >= 0.3 is 0 Å². The van der Waals surface area contributed by atoms with Gasteiger partial charge in [-0.05, 0) is 51.4 Å². The molecule has 0 radical (unpaired) electrons. The second kappa shape index (κ2) is 6.01. The van der Waals surface area contributed by atoms with Gasteiger partial charge in [0.05, 0.1) is 10.0 Å². The predicted molar refractivity (Wildman–Crippen MR) is 82.9 cm³/mol. The number of hydrogen-bond acceptors (Lipinski definition) is 2. The zero-order valence-electron chi connectivity index (χ0n) is 11.6. The Morgan fingerprint density at radius 2 is 1.79 bits per heavy atom. The summed E-state index contributed by atoms with van der Waals surface area (Å²) in [6, 6.07) is 5.55. The molecular formula is C15H22Cl2N2. The van der Waals surface area contributed by atoms with Gasteiger partial charge in [-0.1, -0.05) is 41.8 Å². The monoisotopic (exact) mass is 300 g/mol. The Morgan fingerprint density at radius 1 is 1.16 bits per heavy atom. The normalized spacial score (nSPS) is 19.4. The Labute approximate surface area is 125 Å². The quantitative estimate of drug-likeness (QED) is 0.904. The highest BCUT2D eigenvalue weighted by molar-refractivity contribution is 6.42. The lowest BCUT2D eigenvalue weighted by molar-refractivity contribution is 0.0730. The lowest BCUT2D eigenvalue weighted by Crippen LogP contribution is -2.53. The zero-order valence-corrected chi connectivity index (χ0v) is 13.1. The Bertz CT molecular complexity index is 440. The van der Waals surface area contributed by atoms with Gasteiger partial charge in [-0.2, -0.15) is 0 Å². The summed E-state index contributed by atoms with van der Waals surface area (Å²) in [5.74, 6) is 0.